The van der Waals surface area contributed by atoms with Crippen LogP contribution >= 0.6 is 0 Å². The van der Waals surface area contributed by atoms with Gasteiger partial charge in [-0.2, -0.15) is 0 Å². The zero-order chi connectivity index (χ0) is 109. The van der Waals surface area contributed by atoms with Gasteiger partial charge in [0.15, 0.2) is 24.4 Å². The summed E-state index contributed by atoms with van der Waals surface area (Å²) in [5.41, 5.74) is 0.768. The molecular formula is C132H246O17. The molecule has 20 atom stereocenters. The molecule has 0 aromatic heterocycles. The van der Waals surface area contributed by atoms with E-state index in [0.29, 0.717) is 36.5 Å². The molecule has 0 amide bonds. The van der Waals surface area contributed by atoms with Crippen molar-refractivity contribution in [3.8, 4) is 0 Å². The lowest BCUT2D eigenvalue weighted by molar-refractivity contribution is -0.377. The number of rotatable bonds is 104. The fraction of sp³-hybridized carbons (Fsp3) is 0.917. The summed E-state index contributed by atoms with van der Waals surface area (Å²) in [4.78, 5) is 74.3. The standard InChI is InChI=1S/C132H246O17/c1-18-23-28-33-38-43-48-53-58-60-64-69-74-79-84-89-94-108(9)99-112(13)120(135)116(17)130(141)142-104-118-121(136)124(147-128(139)114(15)101-110(11)97-106(7)92-87-82-77-72-67-62-56-51-46-41-36-31-26-21-4)126(145-119(134)95-90-85-80-75-70-65-59-54-49-44-39-34-29-24-19-2)132(144-118)149-131-125(148-129(140)115(16)102-111(12)98-107(8)93-88-83-78-73-68-63-57-52-47-42-37-32-27-22-5)122(137)123(117(103-133)143-131)146-127(138)113(14)100-109(10)96-105(6)91-86-81-76-71-66-61-55-50-45-40-35-30-25-20-3/h100-102,105-112,116-118,120-126,131-133,135-137H,18-99,103-104H2,1-17H3/b113-100+,114-101+,115-102+/t105-,106-,107-,108-,109-,110-,111-,112-,116-,117?,118?,120-,121+,122?,123+,124?,125-,126+,131+,132+/m0/s1. The fourth-order valence-corrected chi connectivity index (χ4v) is 23.3. The van der Waals surface area contributed by atoms with Crippen LogP contribution in [0.3, 0.4) is 0 Å². The predicted molar refractivity (Wildman–Crippen MR) is 625 cm³/mol. The Hall–Kier alpha value is -3.71. The van der Waals surface area contributed by atoms with E-state index in [-0.39, 0.29) is 46.8 Å². The molecule has 0 spiro atoms. The third kappa shape index (κ3) is 74.3. The van der Waals surface area contributed by atoms with Crippen molar-refractivity contribution in [2.75, 3.05) is 13.2 Å². The van der Waals surface area contributed by atoms with E-state index in [1.54, 1.807) is 27.7 Å². The minimum atomic E-state index is -1.94. The molecule has 0 bridgehead atoms. The summed E-state index contributed by atoms with van der Waals surface area (Å²) in [6.07, 6.45) is 86.4. The highest BCUT2D eigenvalue weighted by atomic mass is 16.8. The van der Waals surface area contributed by atoms with Gasteiger partial charge < -0.3 is 58.3 Å². The SMILES string of the molecule is CCCCCCCCCCCCCCCCCC[C@H](C)C[C@H](C)[C@H](O)[C@H](C)C(=O)OCC1O[C@H](O[C@H]2OC(CO)[C@@H](OC(=O)/C(C)=C/[C@@H](C)C[C@@H](C)CCCCCCCCCCCCCCCC)C(O)[C@@H]2OC(=O)/C(C)=C/[C@@H](C)C[C@@H](C)CCCCCCCCCCCCCCCC)[C@H](OC(=O)CCCCCCCCCCCCCCCCC)C(OC(=O)/C(C)=C/[C@@H](C)C[C@@H](C)CCCCCCCCCCCCCCCC)[C@@H]1O. The third-order valence-corrected chi connectivity index (χ3v) is 32.9. The van der Waals surface area contributed by atoms with Crippen molar-refractivity contribution in [3.05, 3.63) is 34.9 Å². The zero-order valence-electron chi connectivity index (χ0n) is 101. The summed E-state index contributed by atoms with van der Waals surface area (Å²) in [5, 5.41) is 49.6. The van der Waals surface area contributed by atoms with E-state index in [4.69, 9.17) is 37.9 Å². The van der Waals surface area contributed by atoms with E-state index in [2.05, 4.69) is 83.1 Å². The minimum absolute atomic E-state index is 0.0110. The number of carbonyl (C=O) groups excluding carboxylic acids is 5. The summed E-state index contributed by atoms with van der Waals surface area (Å²) >= 11 is 0. The van der Waals surface area contributed by atoms with Gasteiger partial charge in [-0.25, -0.2) is 14.4 Å². The lowest BCUT2D eigenvalue weighted by Crippen LogP contribution is -2.66. The summed E-state index contributed by atoms with van der Waals surface area (Å²) in [6, 6.07) is 0. The lowest BCUT2D eigenvalue weighted by Gasteiger charge is -2.47. The molecule has 4 N–H and O–H groups in total. The highest BCUT2D eigenvalue weighted by Gasteiger charge is 2.56. The second kappa shape index (κ2) is 96.4. The molecule has 2 rings (SSSR count). The quantitative estimate of drug-likeness (QED) is 0.0192. The second-order valence-corrected chi connectivity index (χ2v) is 48.6. The van der Waals surface area contributed by atoms with Crippen LogP contribution in [0.4, 0.5) is 0 Å². The lowest BCUT2D eigenvalue weighted by atomic mass is 9.85. The molecule has 17 heteroatoms. The fourth-order valence-electron chi connectivity index (χ4n) is 23.3. The van der Waals surface area contributed by atoms with E-state index in [1.807, 2.05) is 25.2 Å². The van der Waals surface area contributed by atoms with Gasteiger partial charge in [-0.1, -0.05) is 596 Å². The maximum atomic E-state index is 15.1. The van der Waals surface area contributed by atoms with Crippen molar-refractivity contribution >= 4 is 29.8 Å². The van der Waals surface area contributed by atoms with E-state index in [9.17, 15) is 34.8 Å². The van der Waals surface area contributed by atoms with Gasteiger partial charge in [-0.3, -0.25) is 9.59 Å². The molecule has 0 aliphatic carbocycles. The molecule has 2 aliphatic heterocycles. The van der Waals surface area contributed by atoms with Gasteiger partial charge in [0.05, 0.1) is 18.6 Å². The number of ether oxygens (including phenoxy) is 8. The van der Waals surface area contributed by atoms with Crippen LogP contribution in [0.1, 0.15) is 644 Å². The molecule has 0 aromatic rings. The van der Waals surface area contributed by atoms with Gasteiger partial charge in [0.25, 0.3) is 0 Å². The van der Waals surface area contributed by atoms with Crippen molar-refractivity contribution in [1.29, 1.82) is 0 Å². The minimum Gasteiger partial charge on any atom is -0.463 e. The summed E-state index contributed by atoms with van der Waals surface area (Å²) < 4.78 is 52.2. The maximum absolute atomic E-state index is 15.1. The largest absolute Gasteiger partial charge is 0.463 e. The first-order chi connectivity index (χ1) is 72.2. The van der Waals surface area contributed by atoms with Crippen LogP contribution < -0.4 is 0 Å². The van der Waals surface area contributed by atoms with E-state index >= 15 is 9.59 Å². The van der Waals surface area contributed by atoms with Gasteiger partial charge in [0, 0.05) is 23.1 Å². The number of aliphatic hydroxyl groups is 4. The molecule has 0 aromatic carbocycles. The molecule has 2 saturated heterocycles. The first kappa shape index (κ1) is 141. The molecular weight excluding hydrogens is 1860 g/mol. The molecule has 2 fully saturated rings. The Morgan fingerprint density at radius 3 is 0.792 bits per heavy atom. The van der Waals surface area contributed by atoms with Gasteiger partial charge in [-0.05, 0) is 107 Å². The monoisotopic (exact) mass is 2100 g/mol. The number of carbonyl (C=O) groups is 5. The number of hydrogen-bond acceptors (Lipinski definition) is 17. The van der Waals surface area contributed by atoms with Crippen molar-refractivity contribution in [2.24, 2.45) is 53.3 Å². The summed E-state index contributed by atoms with van der Waals surface area (Å²) in [7, 11) is 0. The normalized spacial score (nSPS) is 20.4. The van der Waals surface area contributed by atoms with Crippen LogP contribution in [0.2, 0.25) is 0 Å². The smallest absolute Gasteiger partial charge is 0.333 e. The number of esters is 5. The Morgan fingerprint density at radius 2 is 0.517 bits per heavy atom. The number of hydrogen-bond donors (Lipinski definition) is 4. The van der Waals surface area contributed by atoms with E-state index < -0.39 is 116 Å². The first-order valence-electron chi connectivity index (χ1n) is 64.8. The van der Waals surface area contributed by atoms with Gasteiger partial charge in [0.1, 0.15) is 31.0 Å². The number of aliphatic hydroxyl groups excluding tert-OH is 4. The molecule has 4 unspecified atom stereocenters. The first-order valence-corrected chi connectivity index (χ1v) is 64.8. The maximum Gasteiger partial charge on any atom is 0.333 e. The van der Waals surface area contributed by atoms with Crippen molar-refractivity contribution in [3.63, 3.8) is 0 Å². The van der Waals surface area contributed by atoms with Gasteiger partial charge >= 0.3 is 29.8 Å². The Bertz CT molecular complexity index is 3210. The van der Waals surface area contributed by atoms with Crippen LogP contribution in [-0.2, 0) is 61.9 Å². The number of allylic oxidation sites excluding steroid dienone is 3. The van der Waals surface area contributed by atoms with Crippen molar-refractivity contribution in [1.82, 2.24) is 0 Å². The highest BCUT2D eigenvalue weighted by Crippen LogP contribution is 2.38. The summed E-state index contributed by atoms with van der Waals surface area (Å²) in [5.74, 6) is -3.89. The van der Waals surface area contributed by atoms with Crippen LogP contribution in [0.25, 0.3) is 0 Å². The Balaban J connectivity index is 2.72. The van der Waals surface area contributed by atoms with Gasteiger partial charge in [-0.15, -0.1) is 0 Å². The molecule has 0 radical (unpaired) electrons. The molecule has 876 valence electrons. The van der Waals surface area contributed by atoms with Crippen LogP contribution in [-0.4, -0.2) is 131 Å². The van der Waals surface area contributed by atoms with Crippen LogP contribution in [0.5, 0.6) is 0 Å². The average Bonchev–Trinajstić information content (AvgIpc) is 0.769. The van der Waals surface area contributed by atoms with Gasteiger partial charge in [0.2, 0.25) is 12.6 Å². The Labute approximate surface area is 919 Å². The molecule has 0 saturated carbocycles. The molecule has 149 heavy (non-hydrogen) atoms. The second-order valence-electron chi connectivity index (χ2n) is 48.6. The highest BCUT2D eigenvalue weighted by molar-refractivity contribution is 5.89. The predicted octanol–water partition coefficient (Wildman–Crippen LogP) is 37.4. The van der Waals surface area contributed by atoms with Crippen molar-refractivity contribution in [2.45, 2.75) is 712 Å². The van der Waals surface area contributed by atoms with Crippen LogP contribution in [0.15, 0.2) is 34.9 Å². The number of unbranched alkanes of at least 4 members (excludes halogenated alkanes) is 68. The third-order valence-electron chi connectivity index (χ3n) is 32.9. The van der Waals surface area contributed by atoms with E-state index in [1.165, 1.54) is 398 Å². The molecule has 2 aliphatic rings. The summed E-state index contributed by atoms with van der Waals surface area (Å²) in [6.45, 7) is 33.7. The average molecular weight is 2110 g/mol. The van der Waals surface area contributed by atoms with Crippen molar-refractivity contribution < 1.29 is 82.3 Å². The van der Waals surface area contributed by atoms with Crippen LogP contribution in [0, 0.1) is 53.3 Å². The Morgan fingerprint density at radius 1 is 0.282 bits per heavy atom. The topological polar surface area (TPSA) is 240 Å². The molecule has 17 nitrogen and oxygen atoms in total. The molecule has 2 heterocycles. The Kier molecular flexibility index (Phi) is 91.5. The zero-order valence-corrected chi connectivity index (χ0v) is 101. The van der Waals surface area contributed by atoms with E-state index in [0.717, 1.165) is 109 Å².